The number of hydrogen-bond acceptors (Lipinski definition) is 9. The highest BCUT2D eigenvalue weighted by Crippen LogP contribution is 2.36. The fourth-order valence-corrected chi connectivity index (χ4v) is 5.35. The van der Waals surface area contributed by atoms with E-state index in [9.17, 15) is 4.79 Å². The number of fused-ring (bicyclic) bond motifs is 1. The Bertz CT molecular complexity index is 1270. The molecule has 3 aliphatic heterocycles. The maximum Gasteiger partial charge on any atom is 0.276 e. The predicted molar refractivity (Wildman–Crippen MR) is 125 cm³/mol. The van der Waals surface area contributed by atoms with Crippen molar-refractivity contribution in [3.05, 3.63) is 46.0 Å². The van der Waals surface area contributed by atoms with Gasteiger partial charge in [0.15, 0.2) is 5.75 Å². The summed E-state index contributed by atoms with van der Waals surface area (Å²) in [5.41, 5.74) is 3.68. The highest BCUT2D eigenvalue weighted by Gasteiger charge is 2.31. The fraction of sp³-hybridized carbons (Fsp3) is 0.500. The highest BCUT2D eigenvalue weighted by atomic mass is 16.6. The van der Waals surface area contributed by atoms with Crippen LogP contribution in [-0.4, -0.2) is 70.6 Å². The van der Waals surface area contributed by atoms with E-state index in [2.05, 4.69) is 25.4 Å². The van der Waals surface area contributed by atoms with Gasteiger partial charge in [0, 0.05) is 37.2 Å². The summed E-state index contributed by atoms with van der Waals surface area (Å²) in [5.74, 6) is 1.98. The van der Waals surface area contributed by atoms with Gasteiger partial charge in [-0.2, -0.15) is 5.10 Å². The van der Waals surface area contributed by atoms with Gasteiger partial charge in [-0.05, 0) is 38.1 Å². The van der Waals surface area contributed by atoms with Crippen molar-refractivity contribution in [3.8, 4) is 17.4 Å². The predicted octanol–water partition coefficient (Wildman–Crippen LogP) is 1.32. The van der Waals surface area contributed by atoms with Gasteiger partial charge in [0.25, 0.3) is 11.4 Å². The number of aromatic nitrogens is 4. The van der Waals surface area contributed by atoms with E-state index in [4.69, 9.17) is 14.2 Å². The molecule has 3 aromatic rings. The first-order valence-corrected chi connectivity index (χ1v) is 11.8. The van der Waals surface area contributed by atoms with Crippen molar-refractivity contribution in [3.63, 3.8) is 0 Å². The minimum absolute atomic E-state index is 0.0402. The molecular weight excluding hydrogens is 436 g/mol. The van der Waals surface area contributed by atoms with Gasteiger partial charge in [-0.15, -0.1) is 5.10 Å². The largest absolute Gasteiger partial charge is 0.496 e. The van der Waals surface area contributed by atoms with Crippen LogP contribution in [0.1, 0.15) is 30.1 Å². The molecule has 1 N–H and O–H groups in total. The molecule has 0 spiro atoms. The van der Waals surface area contributed by atoms with E-state index in [1.807, 2.05) is 22.8 Å². The number of benzene rings is 1. The number of methoxy groups -OCH3 is 1. The van der Waals surface area contributed by atoms with E-state index in [0.717, 1.165) is 66.9 Å². The maximum absolute atomic E-state index is 12.7. The minimum atomic E-state index is -0.0402. The molecule has 0 aliphatic carbocycles. The third kappa shape index (κ3) is 3.86. The van der Waals surface area contributed by atoms with E-state index >= 15 is 0 Å². The maximum atomic E-state index is 12.7. The first kappa shape index (κ1) is 21.3. The second-order valence-corrected chi connectivity index (χ2v) is 9.10. The number of nitrogens with one attached hydrogen (secondary N) is 1. The summed E-state index contributed by atoms with van der Waals surface area (Å²) >= 11 is 0. The monoisotopic (exact) mass is 464 g/mol. The fourth-order valence-electron chi connectivity index (χ4n) is 5.35. The summed E-state index contributed by atoms with van der Waals surface area (Å²) in [6.07, 6.45) is 4.32. The van der Waals surface area contributed by atoms with Crippen molar-refractivity contribution in [2.45, 2.75) is 37.9 Å². The molecule has 10 heteroatoms. The van der Waals surface area contributed by atoms with Gasteiger partial charge in [0.1, 0.15) is 19.0 Å². The molecule has 5 heterocycles. The van der Waals surface area contributed by atoms with E-state index in [1.54, 1.807) is 7.11 Å². The van der Waals surface area contributed by atoms with Crippen LogP contribution in [-0.2, 0) is 13.0 Å². The van der Waals surface area contributed by atoms with Crippen molar-refractivity contribution in [2.24, 2.45) is 0 Å². The van der Waals surface area contributed by atoms with Crippen LogP contribution in [0, 0.1) is 0 Å². The SMILES string of the molecule is COc1ccc2ncc(=O)n3c2c1C[C@H]3CN1CCC(NCc2cc3c(nn2)OCCO3)CC1. The lowest BCUT2D eigenvalue weighted by Gasteiger charge is -2.34. The van der Waals surface area contributed by atoms with E-state index in [0.29, 0.717) is 37.4 Å². The Morgan fingerprint density at radius 2 is 2.03 bits per heavy atom. The molecule has 2 aromatic heterocycles. The molecule has 178 valence electrons. The van der Waals surface area contributed by atoms with Crippen LogP contribution in [0.2, 0.25) is 0 Å². The summed E-state index contributed by atoms with van der Waals surface area (Å²) in [4.78, 5) is 19.5. The third-order valence-corrected chi connectivity index (χ3v) is 7.02. The Morgan fingerprint density at radius 3 is 2.88 bits per heavy atom. The second-order valence-electron chi connectivity index (χ2n) is 9.10. The third-order valence-electron chi connectivity index (χ3n) is 7.02. The van der Waals surface area contributed by atoms with Crippen LogP contribution in [0.15, 0.2) is 29.2 Å². The smallest absolute Gasteiger partial charge is 0.276 e. The number of hydrogen-bond donors (Lipinski definition) is 1. The molecule has 3 aliphatic rings. The summed E-state index contributed by atoms with van der Waals surface area (Å²) in [5, 5.41) is 12.0. The summed E-state index contributed by atoms with van der Waals surface area (Å²) in [6, 6.07) is 6.30. The normalized spacial score (nSPS) is 20.1. The highest BCUT2D eigenvalue weighted by molar-refractivity contribution is 5.82. The lowest BCUT2D eigenvalue weighted by atomic mass is 10.0. The summed E-state index contributed by atoms with van der Waals surface area (Å²) < 4.78 is 18.5. The topological polar surface area (TPSA) is 104 Å². The Balaban J connectivity index is 1.07. The van der Waals surface area contributed by atoms with E-state index in [-0.39, 0.29) is 11.6 Å². The molecule has 0 amide bonds. The molecule has 1 saturated heterocycles. The first-order chi connectivity index (χ1) is 16.7. The average molecular weight is 465 g/mol. The van der Waals surface area contributed by atoms with Crippen molar-refractivity contribution in [2.75, 3.05) is 40.0 Å². The van der Waals surface area contributed by atoms with Gasteiger partial charge >= 0.3 is 0 Å². The molecule has 6 rings (SSSR count). The van der Waals surface area contributed by atoms with Gasteiger partial charge in [0.2, 0.25) is 0 Å². The molecule has 10 nitrogen and oxygen atoms in total. The van der Waals surface area contributed by atoms with Crippen molar-refractivity contribution in [1.82, 2.24) is 30.0 Å². The Labute approximate surface area is 196 Å². The van der Waals surface area contributed by atoms with Crippen LogP contribution in [0.4, 0.5) is 0 Å². The Kier molecular flexibility index (Phi) is 5.54. The number of ether oxygens (including phenoxy) is 3. The second kappa shape index (κ2) is 8.84. The van der Waals surface area contributed by atoms with Crippen molar-refractivity contribution < 1.29 is 14.2 Å². The van der Waals surface area contributed by atoms with Crippen LogP contribution < -0.4 is 25.1 Å². The number of nitrogens with zero attached hydrogens (tertiary/aromatic N) is 5. The van der Waals surface area contributed by atoms with E-state index < -0.39 is 0 Å². The van der Waals surface area contributed by atoms with Crippen LogP contribution >= 0.6 is 0 Å². The standard InChI is InChI=1S/C24H28N6O4/c1-32-20-3-2-19-23-18(20)11-17(30(23)22(31)13-26-19)14-29-6-4-15(5-7-29)25-12-16-10-21-24(28-27-16)34-9-8-33-21/h2-3,10,13,15,17,25H,4-9,11-12,14H2,1H3/t17-/m0/s1. The average Bonchev–Trinajstić information content (AvgIpc) is 3.26. The Hall–Kier alpha value is -3.24. The molecule has 0 bridgehead atoms. The number of piperidine rings is 1. The molecule has 0 unspecified atom stereocenters. The van der Waals surface area contributed by atoms with Gasteiger partial charge < -0.3 is 29.0 Å². The molecule has 1 atom stereocenters. The van der Waals surface area contributed by atoms with Crippen LogP contribution in [0.5, 0.6) is 17.4 Å². The summed E-state index contributed by atoms with van der Waals surface area (Å²) in [7, 11) is 1.68. The van der Waals surface area contributed by atoms with Crippen molar-refractivity contribution in [1.29, 1.82) is 0 Å². The molecule has 1 aromatic carbocycles. The lowest BCUT2D eigenvalue weighted by molar-refractivity contribution is 0.161. The number of rotatable bonds is 6. The molecule has 0 saturated carbocycles. The molecule has 1 fully saturated rings. The minimum Gasteiger partial charge on any atom is -0.496 e. The zero-order valence-electron chi connectivity index (χ0n) is 19.2. The quantitative estimate of drug-likeness (QED) is 0.578. The van der Waals surface area contributed by atoms with Gasteiger partial charge in [-0.1, -0.05) is 0 Å². The van der Waals surface area contributed by atoms with Gasteiger partial charge in [-0.3, -0.25) is 4.79 Å². The van der Waals surface area contributed by atoms with Gasteiger partial charge in [-0.25, -0.2) is 4.98 Å². The molecule has 0 radical (unpaired) electrons. The van der Waals surface area contributed by atoms with Crippen LogP contribution in [0.3, 0.4) is 0 Å². The van der Waals surface area contributed by atoms with Crippen LogP contribution in [0.25, 0.3) is 11.0 Å². The lowest BCUT2D eigenvalue weighted by Crippen LogP contribution is -2.44. The zero-order chi connectivity index (χ0) is 23.1. The summed E-state index contributed by atoms with van der Waals surface area (Å²) in [6.45, 7) is 4.52. The Morgan fingerprint density at radius 1 is 1.18 bits per heavy atom. The van der Waals surface area contributed by atoms with Crippen molar-refractivity contribution >= 4 is 11.0 Å². The zero-order valence-corrected chi connectivity index (χ0v) is 19.2. The van der Waals surface area contributed by atoms with E-state index in [1.165, 1.54) is 6.20 Å². The number of likely N-dealkylation sites (tertiary alicyclic amines) is 1. The first-order valence-electron chi connectivity index (χ1n) is 11.8. The molecule has 34 heavy (non-hydrogen) atoms. The molecular formula is C24H28N6O4. The van der Waals surface area contributed by atoms with Gasteiger partial charge in [0.05, 0.1) is 36.1 Å².